The van der Waals surface area contributed by atoms with Crippen LogP contribution in [-0.4, -0.2) is 29.4 Å². The second kappa shape index (κ2) is 22.7. The van der Waals surface area contributed by atoms with Gasteiger partial charge in [-0.2, -0.15) is 0 Å². The van der Waals surface area contributed by atoms with Gasteiger partial charge in [-0.25, -0.2) is 8.42 Å². The van der Waals surface area contributed by atoms with Crippen LogP contribution in [0.15, 0.2) is 0 Å². The molecule has 0 spiro atoms. The molecule has 0 aliphatic carbocycles. The third-order valence-corrected chi connectivity index (χ3v) is 7.03. The van der Waals surface area contributed by atoms with Crippen molar-refractivity contribution in [3.8, 4) is 0 Å². The molecule has 2 atom stereocenters. The van der Waals surface area contributed by atoms with Crippen LogP contribution in [0, 0.1) is 0 Å². The fourth-order valence-corrected chi connectivity index (χ4v) is 4.72. The van der Waals surface area contributed by atoms with Gasteiger partial charge in [-0.1, -0.05) is 110 Å². The molecule has 0 bridgehead atoms. The average molecular weight is 459 g/mol. The van der Waals surface area contributed by atoms with Crippen molar-refractivity contribution in [3.63, 3.8) is 0 Å². The SMILES string of the molecule is CCCCCCCCC(O)CCCCCCCCCC(CCCC)S(=O)(=O)[O-].[K+]. The predicted molar refractivity (Wildman–Crippen MR) is 119 cm³/mol. The molecule has 0 aliphatic heterocycles. The zero-order valence-corrected chi connectivity index (χ0v) is 23.6. The Morgan fingerprint density at radius 2 is 0.966 bits per heavy atom. The largest absolute Gasteiger partial charge is 1.00 e. The van der Waals surface area contributed by atoms with E-state index in [9.17, 15) is 18.1 Å². The molecular formula is C23H47KO4S. The molecule has 29 heavy (non-hydrogen) atoms. The summed E-state index contributed by atoms with van der Waals surface area (Å²) in [5, 5.41) is 9.35. The van der Waals surface area contributed by atoms with Crippen molar-refractivity contribution < 1.29 is 69.5 Å². The van der Waals surface area contributed by atoms with Crippen LogP contribution >= 0.6 is 0 Å². The number of aliphatic hydroxyl groups is 1. The van der Waals surface area contributed by atoms with Crippen LogP contribution in [0.25, 0.3) is 0 Å². The van der Waals surface area contributed by atoms with Crippen LogP contribution in [0.5, 0.6) is 0 Å². The van der Waals surface area contributed by atoms with Gasteiger partial charge in [-0.15, -0.1) is 0 Å². The molecule has 1 N–H and O–H groups in total. The number of hydrogen-bond donors (Lipinski definition) is 1. The summed E-state index contributed by atoms with van der Waals surface area (Å²) in [4.78, 5) is 0. The summed E-state index contributed by atoms with van der Waals surface area (Å²) in [5.74, 6) is 0. The Balaban J connectivity index is 0. The molecule has 0 amide bonds. The summed E-state index contributed by atoms with van der Waals surface area (Å²) in [6.45, 7) is 4.25. The molecule has 6 heteroatoms. The van der Waals surface area contributed by atoms with Crippen molar-refractivity contribution in [2.45, 2.75) is 147 Å². The fraction of sp³-hybridized carbons (Fsp3) is 1.00. The van der Waals surface area contributed by atoms with Gasteiger partial charge in [0, 0.05) is 5.25 Å². The van der Waals surface area contributed by atoms with E-state index in [1.165, 1.54) is 44.9 Å². The molecule has 0 aromatic heterocycles. The van der Waals surface area contributed by atoms with Crippen molar-refractivity contribution in [2.24, 2.45) is 0 Å². The maximum absolute atomic E-state index is 11.3. The van der Waals surface area contributed by atoms with Crippen LogP contribution in [0.2, 0.25) is 0 Å². The van der Waals surface area contributed by atoms with Crippen LogP contribution in [0.3, 0.4) is 0 Å². The Hall–Kier alpha value is 1.51. The van der Waals surface area contributed by atoms with Crippen LogP contribution in [-0.2, 0) is 10.1 Å². The first kappa shape index (κ1) is 32.7. The predicted octanol–water partition coefficient (Wildman–Crippen LogP) is 3.72. The van der Waals surface area contributed by atoms with Gasteiger partial charge >= 0.3 is 51.4 Å². The Bertz CT molecular complexity index is 429. The zero-order valence-electron chi connectivity index (χ0n) is 19.7. The topological polar surface area (TPSA) is 77.4 Å². The second-order valence-corrected chi connectivity index (χ2v) is 10.2. The number of hydrogen-bond acceptors (Lipinski definition) is 4. The van der Waals surface area contributed by atoms with Crippen molar-refractivity contribution in [2.75, 3.05) is 0 Å². The minimum atomic E-state index is -4.14. The molecule has 0 fully saturated rings. The van der Waals surface area contributed by atoms with Gasteiger partial charge in [0.1, 0.15) is 0 Å². The number of rotatable bonds is 21. The van der Waals surface area contributed by atoms with Gasteiger partial charge in [0.25, 0.3) is 0 Å². The molecule has 0 aromatic carbocycles. The first-order valence-corrected chi connectivity index (χ1v) is 13.5. The minimum Gasteiger partial charge on any atom is -0.748 e. The average Bonchev–Trinajstić information content (AvgIpc) is 2.64. The van der Waals surface area contributed by atoms with Gasteiger partial charge in [0.15, 0.2) is 0 Å². The first-order chi connectivity index (χ1) is 13.4. The second-order valence-electron chi connectivity index (χ2n) is 8.52. The molecule has 2 unspecified atom stereocenters. The molecule has 0 radical (unpaired) electrons. The monoisotopic (exact) mass is 458 g/mol. The molecule has 0 saturated carbocycles. The van der Waals surface area contributed by atoms with E-state index in [0.29, 0.717) is 12.8 Å². The third-order valence-electron chi connectivity index (χ3n) is 5.74. The van der Waals surface area contributed by atoms with E-state index >= 15 is 0 Å². The smallest absolute Gasteiger partial charge is 0.748 e. The van der Waals surface area contributed by atoms with E-state index in [-0.39, 0.29) is 57.5 Å². The maximum atomic E-state index is 11.3. The van der Waals surface area contributed by atoms with Gasteiger partial charge < -0.3 is 9.66 Å². The van der Waals surface area contributed by atoms with Crippen molar-refractivity contribution >= 4 is 10.1 Å². The Morgan fingerprint density at radius 3 is 1.38 bits per heavy atom. The zero-order chi connectivity index (χ0) is 21.1. The van der Waals surface area contributed by atoms with Crippen molar-refractivity contribution in [1.29, 1.82) is 0 Å². The molecule has 0 aliphatic rings. The maximum Gasteiger partial charge on any atom is 1.00 e. The van der Waals surface area contributed by atoms with Crippen LogP contribution in [0.1, 0.15) is 136 Å². The van der Waals surface area contributed by atoms with Gasteiger partial charge in [0.05, 0.1) is 16.2 Å². The van der Waals surface area contributed by atoms with Gasteiger partial charge in [-0.3, -0.25) is 0 Å². The van der Waals surface area contributed by atoms with Gasteiger partial charge in [-0.05, 0) is 25.7 Å². The molecule has 4 nitrogen and oxygen atoms in total. The van der Waals surface area contributed by atoms with E-state index in [0.717, 1.165) is 64.2 Å². The molecular weight excluding hydrogens is 411 g/mol. The summed E-state index contributed by atoms with van der Waals surface area (Å²) >= 11 is 0. The van der Waals surface area contributed by atoms with E-state index in [1.807, 2.05) is 6.92 Å². The molecule has 0 aromatic rings. The van der Waals surface area contributed by atoms with E-state index in [1.54, 1.807) is 0 Å². The van der Waals surface area contributed by atoms with Crippen molar-refractivity contribution in [1.82, 2.24) is 0 Å². The van der Waals surface area contributed by atoms with E-state index in [4.69, 9.17) is 0 Å². The normalized spacial score (nSPS) is 13.8. The fourth-order valence-electron chi connectivity index (χ4n) is 3.81. The quantitative estimate of drug-likeness (QED) is 0.162. The Kier molecular flexibility index (Phi) is 25.6. The van der Waals surface area contributed by atoms with Crippen LogP contribution in [0.4, 0.5) is 0 Å². The van der Waals surface area contributed by atoms with Gasteiger partial charge in [0.2, 0.25) is 0 Å². The Morgan fingerprint density at radius 1 is 0.621 bits per heavy atom. The molecule has 0 heterocycles. The summed E-state index contributed by atoms with van der Waals surface area (Å²) in [5.41, 5.74) is 0. The number of aliphatic hydroxyl groups excluding tert-OH is 1. The number of unbranched alkanes of at least 4 members (excludes halogenated alkanes) is 12. The van der Waals surface area contributed by atoms with Crippen LogP contribution < -0.4 is 51.4 Å². The van der Waals surface area contributed by atoms with E-state index < -0.39 is 15.4 Å². The summed E-state index contributed by atoms with van der Waals surface area (Å²) in [6.07, 6.45) is 19.8. The molecule has 0 saturated heterocycles. The standard InChI is InChI=1S/C23H48O4S.K/c1-3-5-7-8-12-15-18-22(24)19-16-13-10-9-11-14-17-21-23(20-6-4-2)28(25,26)27;/h22-24H,3-21H2,1-2H3,(H,25,26,27);/q;+1/p-1. The minimum absolute atomic E-state index is 0. The first-order valence-electron chi connectivity index (χ1n) is 12.0. The van der Waals surface area contributed by atoms with E-state index in [2.05, 4.69) is 6.92 Å². The van der Waals surface area contributed by atoms with Crippen molar-refractivity contribution in [3.05, 3.63) is 0 Å². The third kappa shape index (κ3) is 22.5. The Labute approximate surface area is 224 Å². The molecule has 0 rings (SSSR count). The summed E-state index contributed by atoms with van der Waals surface area (Å²) < 4.78 is 33.8. The molecule has 170 valence electrons. The summed E-state index contributed by atoms with van der Waals surface area (Å²) in [7, 11) is -4.14. The summed E-state index contributed by atoms with van der Waals surface area (Å²) in [6, 6.07) is 0.